The van der Waals surface area contributed by atoms with E-state index in [0.717, 1.165) is 0 Å². The molecule has 1 rings (SSSR count). The minimum absolute atomic E-state index is 0.0538. The Balaban J connectivity index is 2.55. The molecule has 0 spiro atoms. The normalized spacial score (nSPS) is 13.9. The Morgan fingerprint density at radius 3 is 2.71 bits per heavy atom. The summed E-state index contributed by atoms with van der Waals surface area (Å²) in [6.45, 7) is 1.11. The number of hydrogen-bond acceptors (Lipinski definition) is 3. The average Bonchev–Trinajstić information content (AvgIpc) is 2.36. The number of benzene rings is 1. The highest BCUT2D eigenvalue weighted by atomic mass is 35.5. The SMILES string of the molecule is CC(O)(CNC(=O)C=Cc1ccc(F)c(Cl)c1)CC(=O)O. The van der Waals surface area contributed by atoms with Crippen molar-refractivity contribution < 1.29 is 24.2 Å². The first kappa shape index (κ1) is 17.1. The van der Waals surface area contributed by atoms with Crippen molar-refractivity contribution in [1.82, 2.24) is 5.32 Å². The van der Waals surface area contributed by atoms with Crippen LogP contribution in [0.25, 0.3) is 6.08 Å². The molecule has 1 aromatic rings. The summed E-state index contributed by atoms with van der Waals surface area (Å²) < 4.78 is 12.9. The van der Waals surface area contributed by atoms with Gasteiger partial charge in [-0.25, -0.2) is 4.39 Å². The quantitative estimate of drug-likeness (QED) is 0.699. The van der Waals surface area contributed by atoms with E-state index in [2.05, 4.69) is 5.32 Å². The highest BCUT2D eigenvalue weighted by molar-refractivity contribution is 6.30. The third-order valence-electron chi connectivity index (χ3n) is 2.55. The minimum atomic E-state index is -1.53. The summed E-state index contributed by atoms with van der Waals surface area (Å²) in [5.41, 5.74) is -0.997. The molecule has 0 aliphatic rings. The Morgan fingerprint density at radius 1 is 1.48 bits per heavy atom. The van der Waals surface area contributed by atoms with Crippen molar-refractivity contribution in [3.05, 3.63) is 40.7 Å². The second-order valence-electron chi connectivity index (χ2n) is 4.79. The Bertz CT molecular complexity index is 572. The van der Waals surface area contributed by atoms with Crippen LogP contribution in [-0.4, -0.2) is 34.2 Å². The van der Waals surface area contributed by atoms with Crippen LogP contribution in [0.2, 0.25) is 5.02 Å². The summed E-state index contributed by atoms with van der Waals surface area (Å²) in [6.07, 6.45) is 2.12. The number of nitrogens with one attached hydrogen (secondary N) is 1. The number of aliphatic hydroxyl groups is 1. The van der Waals surface area contributed by atoms with Crippen LogP contribution in [0.4, 0.5) is 4.39 Å². The van der Waals surface area contributed by atoms with Gasteiger partial charge in [-0.1, -0.05) is 17.7 Å². The first-order valence-corrected chi connectivity index (χ1v) is 6.42. The number of hydrogen-bond donors (Lipinski definition) is 3. The molecule has 0 saturated carbocycles. The molecule has 0 aliphatic carbocycles. The first-order chi connectivity index (χ1) is 9.69. The molecule has 21 heavy (non-hydrogen) atoms. The summed E-state index contributed by atoms with van der Waals surface area (Å²) in [5, 5.41) is 20.6. The topological polar surface area (TPSA) is 86.6 Å². The number of amides is 1. The number of halogens is 2. The monoisotopic (exact) mass is 315 g/mol. The van der Waals surface area contributed by atoms with Crippen LogP contribution in [0.5, 0.6) is 0 Å². The number of carbonyl (C=O) groups is 2. The summed E-state index contributed by atoms with van der Waals surface area (Å²) in [4.78, 5) is 22.0. The van der Waals surface area contributed by atoms with Gasteiger partial charge < -0.3 is 15.5 Å². The molecule has 7 heteroatoms. The van der Waals surface area contributed by atoms with Crippen molar-refractivity contribution in [3.63, 3.8) is 0 Å². The van der Waals surface area contributed by atoms with E-state index < -0.39 is 29.7 Å². The molecule has 114 valence electrons. The summed E-state index contributed by atoms with van der Waals surface area (Å²) in [6, 6.07) is 3.99. The largest absolute Gasteiger partial charge is 0.481 e. The lowest BCUT2D eigenvalue weighted by Gasteiger charge is -2.20. The second-order valence-corrected chi connectivity index (χ2v) is 5.20. The molecule has 0 fully saturated rings. The summed E-state index contributed by atoms with van der Waals surface area (Å²) in [7, 11) is 0. The van der Waals surface area contributed by atoms with Gasteiger partial charge in [-0.15, -0.1) is 0 Å². The summed E-state index contributed by atoms with van der Waals surface area (Å²) in [5.74, 6) is -2.23. The Kier molecular flexibility index (Phi) is 5.87. The fourth-order valence-corrected chi connectivity index (χ4v) is 1.70. The van der Waals surface area contributed by atoms with Gasteiger partial charge in [0.05, 0.1) is 17.0 Å². The van der Waals surface area contributed by atoms with Gasteiger partial charge in [0.25, 0.3) is 0 Å². The van der Waals surface area contributed by atoms with Crippen molar-refractivity contribution in [2.24, 2.45) is 0 Å². The fourth-order valence-electron chi connectivity index (χ4n) is 1.51. The zero-order chi connectivity index (χ0) is 16.0. The smallest absolute Gasteiger partial charge is 0.306 e. The van der Waals surface area contributed by atoms with Crippen LogP contribution in [0.15, 0.2) is 24.3 Å². The molecule has 3 N–H and O–H groups in total. The zero-order valence-corrected chi connectivity index (χ0v) is 12.0. The molecule has 0 saturated heterocycles. The molecular weight excluding hydrogens is 301 g/mol. The molecular formula is C14H15ClFNO4. The van der Waals surface area contributed by atoms with Gasteiger partial charge in [0.2, 0.25) is 5.91 Å². The van der Waals surface area contributed by atoms with Crippen molar-refractivity contribution in [2.75, 3.05) is 6.54 Å². The number of rotatable bonds is 6. The molecule has 0 radical (unpaired) electrons. The number of carboxylic acid groups (broad SMARTS) is 1. The van der Waals surface area contributed by atoms with Gasteiger partial charge in [-0.3, -0.25) is 9.59 Å². The average molecular weight is 316 g/mol. The highest BCUT2D eigenvalue weighted by Gasteiger charge is 2.24. The third-order valence-corrected chi connectivity index (χ3v) is 2.84. The fraction of sp³-hybridized carbons (Fsp3) is 0.286. The maximum atomic E-state index is 12.9. The molecule has 0 bridgehead atoms. The standard InChI is InChI=1S/C14H15ClFNO4/c1-14(21,7-13(19)20)8-17-12(18)5-3-9-2-4-11(16)10(15)6-9/h2-6,21H,7-8H2,1H3,(H,17,18)(H,19,20). The number of carboxylic acids is 1. The van der Waals surface area contributed by atoms with Gasteiger partial charge in [0.15, 0.2) is 0 Å². The van der Waals surface area contributed by atoms with E-state index in [1.165, 1.54) is 37.3 Å². The maximum absolute atomic E-state index is 12.9. The second kappa shape index (κ2) is 7.19. The van der Waals surface area contributed by atoms with E-state index in [-0.39, 0.29) is 11.6 Å². The molecule has 0 aromatic heterocycles. The third kappa shape index (κ3) is 6.37. The Morgan fingerprint density at radius 2 is 2.14 bits per heavy atom. The van der Waals surface area contributed by atoms with E-state index in [1.807, 2.05) is 0 Å². The predicted molar refractivity (Wildman–Crippen MR) is 76.3 cm³/mol. The minimum Gasteiger partial charge on any atom is -0.481 e. The van der Waals surface area contributed by atoms with E-state index in [1.54, 1.807) is 0 Å². The zero-order valence-electron chi connectivity index (χ0n) is 11.3. The summed E-state index contributed by atoms with van der Waals surface area (Å²) >= 11 is 5.60. The van der Waals surface area contributed by atoms with Crippen LogP contribution in [0.3, 0.4) is 0 Å². The van der Waals surface area contributed by atoms with Gasteiger partial charge in [0, 0.05) is 12.6 Å². The number of aliphatic carboxylic acids is 1. The lowest BCUT2D eigenvalue weighted by molar-refractivity contribution is -0.142. The van der Waals surface area contributed by atoms with E-state index in [0.29, 0.717) is 5.56 Å². The Labute approximate surface area is 126 Å². The van der Waals surface area contributed by atoms with Crippen LogP contribution in [0, 0.1) is 5.82 Å². The lowest BCUT2D eigenvalue weighted by atomic mass is 10.0. The Hall–Kier alpha value is -1.92. The van der Waals surface area contributed by atoms with Gasteiger partial charge in [-0.05, 0) is 30.7 Å². The van der Waals surface area contributed by atoms with Crippen molar-refractivity contribution in [1.29, 1.82) is 0 Å². The van der Waals surface area contributed by atoms with Gasteiger partial charge in [0.1, 0.15) is 5.82 Å². The highest BCUT2D eigenvalue weighted by Crippen LogP contribution is 2.16. The predicted octanol–water partition coefficient (Wildman–Crippen LogP) is 1.83. The van der Waals surface area contributed by atoms with Crippen molar-refractivity contribution in [2.45, 2.75) is 18.9 Å². The first-order valence-electron chi connectivity index (χ1n) is 6.05. The van der Waals surface area contributed by atoms with Crippen LogP contribution < -0.4 is 5.32 Å². The number of carbonyl (C=O) groups excluding carboxylic acids is 1. The molecule has 0 heterocycles. The van der Waals surface area contributed by atoms with Crippen LogP contribution in [0.1, 0.15) is 18.9 Å². The van der Waals surface area contributed by atoms with Gasteiger partial charge in [-0.2, -0.15) is 0 Å². The van der Waals surface area contributed by atoms with Crippen LogP contribution in [-0.2, 0) is 9.59 Å². The van der Waals surface area contributed by atoms with E-state index in [9.17, 15) is 19.1 Å². The van der Waals surface area contributed by atoms with Gasteiger partial charge >= 0.3 is 5.97 Å². The lowest BCUT2D eigenvalue weighted by Crippen LogP contribution is -2.41. The molecule has 1 amide bonds. The van der Waals surface area contributed by atoms with Crippen molar-refractivity contribution in [3.8, 4) is 0 Å². The molecule has 1 aromatic carbocycles. The molecule has 1 atom stereocenters. The van der Waals surface area contributed by atoms with Crippen molar-refractivity contribution >= 4 is 29.6 Å². The molecule has 0 aliphatic heterocycles. The van der Waals surface area contributed by atoms with E-state index in [4.69, 9.17) is 16.7 Å². The molecule has 1 unspecified atom stereocenters. The van der Waals surface area contributed by atoms with E-state index >= 15 is 0 Å². The maximum Gasteiger partial charge on any atom is 0.306 e. The van der Waals surface area contributed by atoms with Crippen LogP contribution >= 0.6 is 11.6 Å². The molecule has 5 nitrogen and oxygen atoms in total.